The molecule has 4 aromatic rings. The van der Waals surface area contributed by atoms with Gasteiger partial charge in [0.15, 0.2) is 11.6 Å². The summed E-state index contributed by atoms with van der Waals surface area (Å²) in [7, 11) is 1.52. The number of halogens is 2. The maximum absolute atomic E-state index is 16.5. The van der Waals surface area contributed by atoms with Gasteiger partial charge in [-0.15, -0.1) is 0 Å². The Kier molecular flexibility index (Phi) is 5.63. The summed E-state index contributed by atoms with van der Waals surface area (Å²) in [6.07, 6.45) is 2.54. The second-order valence-electron chi connectivity index (χ2n) is 9.14. The van der Waals surface area contributed by atoms with E-state index in [1.807, 2.05) is 30.0 Å². The number of hydrogen-bond acceptors (Lipinski definition) is 7. The zero-order chi connectivity index (χ0) is 25.8. The van der Waals surface area contributed by atoms with Gasteiger partial charge in [0.1, 0.15) is 17.7 Å². The van der Waals surface area contributed by atoms with Gasteiger partial charge in [-0.05, 0) is 23.9 Å². The van der Waals surface area contributed by atoms with Gasteiger partial charge >= 0.3 is 6.09 Å². The lowest BCUT2D eigenvalue weighted by Crippen LogP contribution is -2.55. The highest BCUT2D eigenvalue weighted by Gasteiger charge is 2.35. The van der Waals surface area contributed by atoms with Crippen molar-refractivity contribution in [3.05, 3.63) is 47.1 Å². The summed E-state index contributed by atoms with van der Waals surface area (Å²) >= 11 is 6.98. The summed E-state index contributed by atoms with van der Waals surface area (Å²) in [6.45, 7) is 3.17. The van der Waals surface area contributed by atoms with Crippen LogP contribution in [0.15, 0.2) is 30.7 Å². The van der Waals surface area contributed by atoms with E-state index in [9.17, 15) is 9.90 Å². The Hall–Kier alpha value is -3.92. The largest absolute Gasteiger partial charge is 0.491 e. The first-order valence-corrected chi connectivity index (χ1v) is 12.2. The molecule has 1 N–H and O–H groups in total. The molecule has 6 rings (SSSR count). The van der Waals surface area contributed by atoms with E-state index in [1.165, 1.54) is 18.3 Å². The molecular weight excluding hydrogens is 501 g/mol. The molecule has 2 aromatic carbocycles. The van der Waals surface area contributed by atoms with E-state index in [2.05, 4.69) is 15.0 Å². The number of aromatic nitrogens is 3. The van der Waals surface area contributed by atoms with Gasteiger partial charge in [-0.2, -0.15) is 0 Å². The maximum atomic E-state index is 16.5. The Balaban J connectivity index is 1.63. The number of piperazine rings is 1. The second kappa shape index (κ2) is 8.88. The summed E-state index contributed by atoms with van der Waals surface area (Å²) < 4.78 is 28.2. The van der Waals surface area contributed by atoms with Crippen molar-refractivity contribution in [2.24, 2.45) is 0 Å². The normalized spacial score (nSPS) is 17.2. The highest BCUT2D eigenvalue weighted by molar-refractivity contribution is 6.37. The third-order valence-corrected chi connectivity index (χ3v) is 7.53. The van der Waals surface area contributed by atoms with Crippen molar-refractivity contribution >= 4 is 45.2 Å². The monoisotopic (exact) mass is 523 g/mol. The number of methoxy groups -OCH3 is 1. The van der Waals surface area contributed by atoms with E-state index >= 15 is 4.39 Å². The third-order valence-electron chi connectivity index (χ3n) is 7.17. The van der Waals surface area contributed by atoms with Gasteiger partial charge in [-0.3, -0.25) is 0 Å². The average molecular weight is 524 g/mol. The Morgan fingerprint density at radius 2 is 2.03 bits per heavy atom. The first-order chi connectivity index (χ1) is 17.9. The fourth-order valence-electron chi connectivity index (χ4n) is 5.43. The smallest absolute Gasteiger partial charge is 0.407 e. The van der Waals surface area contributed by atoms with Crippen LogP contribution < -0.4 is 14.4 Å². The zero-order valence-electron chi connectivity index (χ0n) is 20.2. The van der Waals surface area contributed by atoms with E-state index < -0.39 is 11.9 Å². The molecule has 0 spiro atoms. The molecular formula is C26H23ClFN5O4. The van der Waals surface area contributed by atoms with Crippen LogP contribution in [0.1, 0.15) is 12.0 Å². The molecule has 0 radical (unpaired) electrons. The number of pyridine rings is 1. The number of anilines is 1. The lowest BCUT2D eigenvalue weighted by molar-refractivity contribution is 0.131. The first kappa shape index (κ1) is 23.5. The highest BCUT2D eigenvalue weighted by atomic mass is 35.5. The number of carbonyl (C=O) groups is 1. The fourth-order valence-corrected chi connectivity index (χ4v) is 5.76. The van der Waals surface area contributed by atoms with E-state index in [0.717, 1.165) is 10.9 Å². The first-order valence-electron chi connectivity index (χ1n) is 11.9. The fraction of sp³-hybridized carbons (Fsp3) is 0.308. The average Bonchev–Trinajstić information content (AvgIpc) is 2.89. The molecule has 0 saturated carbocycles. The van der Waals surface area contributed by atoms with Crippen LogP contribution in [0.4, 0.5) is 15.0 Å². The maximum Gasteiger partial charge on any atom is 0.407 e. The topological polar surface area (TPSA) is 101 Å². The van der Waals surface area contributed by atoms with Crippen LogP contribution >= 0.6 is 11.6 Å². The Morgan fingerprint density at radius 3 is 2.81 bits per heavy atom. The molecule has 9 nitrogen and oxygen atoms in total. The number of fused-ring (bicyclic) bond motifs is 3. The molecule has 1 saturated heterocycles. The minimum Gasteiger partial charge on any atom is -0.491 e. The van der Waals surface area contributed by atoms with E-state index in [0.29, 0.717) is 59.8 Å². The summed E-state index contributed by atoms with van der Waals surface area (Å²) in [5.74, 6) is 0.551. The summed E-state index contributed by atoms with van der Waals surface area (Å²) in [5, 5.41) is 11.4. The van der Waals surface area contributed by atoms with Crippen molar-refractivity contribution in [1.29, 1.82) is 0 Å². The van der Waals surface area contributed by atoms with Crippen molar-refractivity contribution in [2.45, 2.75) is 19.4 Å². The van der Waals surface area contributed by atoms with Gasteiger partial charge in [-0.1, -0.05) is 23.7 Å². The van der Waals surface area contributed by atoms with E-state index in [-0.39, 0.29) is 28.8 Å². The van der Waals surface area contributed by atoms with Crippen LogP contribution in [-0.4, -0.2) is 70.4 Å². The molecule has 0 aliphatic carbocycles. The molecule has 2 aliphatic rings. The van der Waals surface area contributed by atoms with Crippen LogP contribution in [0.2, 0.25) is 5.02 Å². The SMILES string of the molecule is COc1nccc2ccc(C)c(-c3c(Cl)c4c5c(ncnc5c3F)N3CCN(C(=O)O)CC3CCO4)c12. The van der Waals surface area contributed by atoms with Crippen LogP contribution in [-0.2, 0) is 0 Å². The number of benzene rings is 2. The summed E-state index contributed by atoms with van der Waals surface area (Å²) in [5.41, 5.74) is 1.59. The van der Waals surface area contributed by atoms with Crippen molar-refractivity contribution in [3.8, 4) is 22.8 Å². The number of hydrogen-bond donors (Lipinski definition) is 1. The lowest BCUT2D eigenvalue weighted by Gasteiger charge is -2.42. The Labute approximate surface area is 216 Å². The van der Waals surface area contributed by atoms with Gasteiger partial charge in [0.25, 0.3) is 0 Å². The number of rotatable bonds is 2. The van der Waals surface area contributed by atoms with Gasteiger partial charge in [0.2, 0.25) is 5.88 Å². The molecule has 11 heteroatoms. The molecule has 1 unspecified atom stereocenters. The summed E-state index contributed by atoms with van der Waals surface area (Å²) in [6, 6.07) is 5.49. The Morgan fingerprint density at radius 1 is 1.19 bits per heavy atom. The van der Waals surface area contributed by atoms with Crippen molar-refractivity contribution < 1.29 is 23.8 Å². The van der Waals surface area contributed by atoms with Crippen LogP contribution in [0, 0.1) is 12.7 Å². The number of carboxylic acid groups (broad SMARTS) is 1. The van der Waals surface area contributed by atoms with Crippen molar-refractivity contribution in [1.82, 2.24) is 19.9 Å². The molecule has 4 heterocycles. The van der Waals surface area contributed by atoms with Crippen molar-refractivity contribution in [2.75, 3.05) is 38.3 Å². The third kappa shape index (κ3) is 3.58. The molecule has 2 aromatic heterocycles. The summed E-state index contributed by atoms with van der Waals surface area (Å²) in [4.78, 5) is 28.1. The zero-order valence-corrected chi connectivity index (χ0v) is 20.9. The quantitative estimate of drug-likeness (QED) is 0.396. The molecule has 1 fully saturated rings. The van der Waals surface area contributed by atoms with Gasteiger partial charge in [0.05, 0.1) is 35.6 Å². The minimum atomic E-state index is -0.968. The van der Waals surface area contributed by atoms with Gasteiger partial charge in [0, 0.05) is 43.4 Å². The number of nitrogens with zero attached hydrogens (tertiary/aromatic N) is 5. The second-order valence-corrected chi connectivity index (χ2v) is 9.52. The Bertz CT molecular complexity index is 1580. The van der Waals surface area contributed by atoms with Crippen LogP contribution in [0.25, 0.3) is 32.8 Å². The van der Waals surface area contributed by atoms with E-state index in [1.54, 1.807) is 6.20 Å². The number of ether oxygens (including phenoxy) is 2. The predicted molar refractivity (Wildman–Crippen MR) is 137 cm³/mol. The van der Waals surface area contributed by atoms with Crippen molar-refractivity contribution in [3.63, 3.8) is 0 Å². The molecule has 2 aliphatic heterocycles. The predicted octanol–water partition coefficient (Wildman–Crippen LogP) is 4.91. The molecule has 1 amide bonds. The highest BCUT2D eigenvalue weighted by Crippen LogP contribution is 2.50. The van der Waals surface area contributed by atoms with Crippen LogP contribution in [0.3, 0.4) is 0 Å². The van der Waals surface area contributed by atoms with Gasteiger partial charge in [-0.25, -0.2) is 24.1 Å². The van der Waals surface area contributed by atoms with Crippen LogP contribution in [0.5, 0.6) is 11.6 Å². The minimum absolute atomic E-state index is 0.0833. The van der Waals surface area contributed by atoms with Gasteiger partial charge < -0.3 is 24.4 Å². The standard InChI is InChI=1S/C26H23ClFN5O4/c1-13-3-4-14-5-7-29-25(36-2)17(14)16(13)18-20(27)23-19-22(21(18)28)30-12-31-24(19)33-9-8-32(26(34)35)11-15(33)6-10-37-23/h3-5,7,12,15H,6,8-11H2,1-2H3,(H,34,35). The molecule has 1 atom stereocenters. The molecule has 0 bridgehead atoms. The lowest BCUT2D eigenvalue weighted by atomic mass is 9.92. The number of amides is 1. The molecule has 37 heavy (non-hydrogen) atoms. The molecule has 190 valence electrons. The van der Waals surface area contributed by atoms with E-state index in [4.69, 9.17) is 21.1 Å². The number of aryl methyl sites for hydroxylation is 1.